The monoisotopic (exact) mass is 461 g/mol. The molecule has 2 aromatic rings. The number of piperidine rings is 1. The van der Waals surface area contributed by atoms with Gasteiger partial charge in [-0.15, -0.1) is 0 Å². The van der Waals surface area contributed by atoms with Gasteiger partial charge in [-0.05, 0) is 26.2 Å². The number of aliphatic hydroxyl groups is 1. The predicted octanol–water partition coefficient (Wildman–Crippen LogP) is -1.34. The molecule has 0 unspecified atom stereocenters. The number of nitrogen functional groups attached to an aromatic ring is 2. The van der Waals surface area contributed by atoms with E-state index in [4.69, 9.17) is 27.7 Å². The van der Waals surface area contributed by atoms with Gasteiger partial charge < -0.3 is 42.2 Å². The molecule has 13 heteroatoms. The van der Waals surface area contributed by atoms with Crippen molar-refractivity contribution in [1.29, 1.82) is 0 Å². The maximum absolute atomic E-state index is 12.5. The summed E-state index contributed by atoms with van der Waals surface area (Å²) in [5, 5.41) is 11.4. The van der Waals surface area contributed by atoms with Crippen LogP contribution in [0.3, 0.4) is 0 Å². The zero-order chi connectivity index (χ0) is 24.0. The van der Waals surface area contributed by atoms with Crippen molar-refractivity contribution < 1.29 is 19.4 Å². The van der Waals surface area contributed by atoms with Crippen LogP contribution in [0.4, 0.5) is 11.8 Å². The number of primary amides is 1. The minimum absolute atomic E-state index is 0.0309. The Balaban J connectivity index is 1.42. The van der Waals surface area contributed by atoms with E-state index in [1.54, 1.807) is 22.7 Å². The van der Waals surface area contributed by atoms with Crippen LogP contribution in [0.2, 0.25) is 0 Å². The number of nitrogens with zero attached hydrogens (tertiary/aromatic N) is 5. The lowest BCUT2D eigenvalue weighted by Gasteiger charge is -2.51. The number of imidazole rings is 1. The van der Waals surface area contributed by atoms with Crippen LogP contribution in [-0.4, -0.2) is 78.3 Å². The molecule has 4 rings (SSSR count). The molecule has 33 heavy (non-hydrogen) atoms. The van der Waals surface area contributed by atoms with E-state index in [0.717, 1.165) is 0 Å². The van der Waals surface area contributed by atoms with Gasteiger partial charge in [0.15, 0.2) is 11.5 Å². The fourth-order valence-corrected chi connectivity index (χ4v) is 4.88. The van der Waals surface area contributed by atoms with Crippen molar-refractivity contribution in [3.05, 3.63) is 6.33 Å². The first-order valence-electron chi connectivity index (χ1n) is 11.0. The minimum atomic E-state index is -1.12. The Bertz CT molecular complexity index is 1060. The van der Waals surface area contributed by atoms with Crippen LogP contribution in [0.15, 0.2) is 6.33 Å². The number of amides is 2. The molecule has 0 aliphatic carbocycles. The SMILES string of the molecule is C[C@@]1(O)CC2(CCN(C(=O)CC[C@H](N)C(N)=O)CC2)OC[C@H]1n1cnc2c(N)nc(N)nc21. The molecular formula is C20H31N9O4. The molecule has 2 amide bonds. The number of rotatable bonds is 5. The second-order valence-corrected chi connectivity index (χ2v) is 9.26. The number of hydrogen-bond acceptors (Lipinski definition) is 10. The Morgan fingerprint density at radius 1 is 1.30 bits per heavy atom. The number of anilines is 2. The normalized spacial score (nSPS) is 25.9. The minimum Gasteiger partial charge on any atom is -0.388 e. The molecule has 180 valence electrons. The van der Waals surface area contributed by atoms with Gasteiger partial charge in [0.2, 0.25) is 17.8 Å². The van der Waals surface area contributed by atoms with Crippen molar-refractivity contribution in [2.24, 2.45) is 11.5 Å². The second kappa shape index (κ2) is 8.39. The van der Waals surface area contributed by atoms with E-state index >= 15 is 0 Å². The fourth-order valence-electron chi connectivity index (χ4n) is 4.88. The van der Waals surface area contributed by atoms with Crippen LogP contribution < -0.4 is 22.9 Å². The first kappa shape index (κ1) is 23.1. The number of fused-ring (bicyclic) bond motifs is 1. The Labute approximate surface area is 190 Å². The van der Waals surface area contributed by atoms with Crippen molar-refractivity contribution in [3.8, 4) is 0 Å². The zero-order valence-corrected chi connectivity index (χ0v) is 18.6. The van der Waals surface area contributed by atoms with Gasteiger partial charge in [-0.1, -0.05) is 0 Å². The van der Waals surface area contributed by atoms with E-state index in [9.17, 15) is 14.7 Å². The zero-order valence-electron chi connectivity index (χ0n) is 18.6. The molecule has 4 heterocycles. The molecular weight excluding hydrogens is 430 g/mol. The van der Waals surface area contributed by atoms with Crippen LogP contribution in [0.1, 0.15) is 45.1 Å². The van der Waals surface area contributed by atoms with Crippen LogP contribution in [-0.2, 0) is 14.3 Å². The van der Waals surface area contributed by atoms with Gasteiger partial charge >= 0.3 is 0 Å². The highest BCUT2D eigenvalue weighted by atomic mass is 16.5. The molecule has 2 aliphatic rings. The van der Waals surface area contributed by atoms with Crippen molar-refractivity contribution >= 4 is 34.7 Å². The van der Waals surface area contributed by atoms with Crippen LogP contribution in [0.5, 0.6) is 0 Å². The van der Waals surface area contributed by atoms with Gasteiger partial charge in [0.1, 0.15) is 5.52 Å². The average molecular weight is 462 g/mol. The standard InChI is InChI=1S/C20H31N9O4/c1-19(32)9-20(4-6-28(7-5-20)13(30)3-2-11(21)16(23)31)33-8-12(19)29-10-25-14-15(22)26-18(24)27-17(14)29/h10-12,32H,2-9,21H2,1H3,(H2,23,31)(H4,22,24,26,27)/t11-,12+,19+/m0/s1. The summed E-state index contributed by atoms with van der Waals surface area (Å²) >= 11 is 0. The van der Waals surface area contributed by atoms with Gasteiger partial charge in [0.05, 0.1) is 36.2 Å². The van der Waals surface area contributed by atoms with E-state index in [-0.39, 0.29) is 37.1 Å². The van der Waals surface area contributed by atoms with Gasteiger partial charge in [-0.25, -0.2) is 4.98 Å². The largest absolute Gasteiger partial charge is 0.388 e. The highest BCUT2D eigenvalue weighted by Gasteiger charge is 2.50. The van der Waals surface area contributed by atoms with E-state index in [0.29, 0.717) is 43.5 Å². The summed E-state index contributed by atoms with van der Waals surface area (Å²) in [5.74, 6) is -0.474. The third-order valence-corrected chi connectivity index (χ3v) is 6.81. The quantitative estimate of drug-likeness (QED) is 0.353. The Morgan fingerprint density at radius 3 is 2.64 bits per heavy atom. The summed E-state index contributed by atoms with van der Waals surface area (Å²) in [4.78, 5) is 37.8. The van der Waals surface area contributed by atoms with Crippen molar-refractivity contribution in [1.82, 2.24) is 24.4 Å². The third-order valence-electron chi connectivity index (χ3n) is 6.81. The van der Waals surface area contributed by atoms with Crippen LogP contribution in [0, 0.1) is 0 Å². The topological polar surface area (TPSA) is 215 Å². The lowest BCUT2D eigenvalue weighted by molar-refractivity contribution is -0.197. The highest BCUT2D eigenvalue weighted by Crippen LogP contribution is 2.44. The Kier molecular flexibility index (Phi) is 5.88. The summed E-state index contributed by atoms with van der Waals surface area (Å²) in [5.41, 5.74) is 21.6. The number of aromatic nitrogens is 4. The van der Waals surface area contributed by atoms with Gasteiger partial charge in [0.25, 0.3) is 0 Å². The molecule has 0 radical (unpaired) electrons. The number of hydrogen-bond donors (Lipinski definition) is 5. The molecule has 9 N–H and O–H groups in total. The molecule has 2 fully saturated rings. The summed E-state index contributed by atoms with van der Waals surface area (Å²) in [6.07, 6.45) is 3.52. The lowest BCUT2D eigenvalue weighted by Crippen LogP contribution is -2.58. The number of nitrogens with two attached hydrogens (primary N) is 4. The van der Waals surface area contributed by atoms with Crippen molar-refractivity contribution in [2.45, 2.75) is 62.3 Å². The third kappa shape index (κ3) is 4.43. The molecule has 0 saturated carbocycles. The van der Waals surface area contributed by atoms with Gasteiger partial charge in [0, 0.05) is 25.9 Å². The molecule has 1 spiro atoms. The fraction of sp³-hybridized carbons (Fsp3) is 0.650. The van der Waals surface area contributed by atoms with Crippen LogP contribution in [0.25, 0.3) is 11.2 Å². The maximum atomic E-state index is 12.5. The lowest BCUT2D eigenvalue weighted by atomic mass is 9.75. The first-order valence-corrected chi connectivity index (χ1v) is 11.0. The second-order valence-electron chi connectivity index (χ2n) is 9.26. The molecule has 13 nitrogen and oxygen atoms in total. The number of ether oxygens (including phenoxy) is 1. The van der Waals surface area contributed by atoms with Gasteiger partial charge in [-0.3, -0.25) is 9.59 Å². The van der Waals surface area contributed by atoms with Gasteiger partial charge in [-0.2, -0.15) is 9.97 Å². The molecule has 2 aromatic heterocycles. The summed E-state index contributed by atoms with van der Waals surface area (Å²) in [6.45, 7) is 3.01. The van der Waals surface area contributed by atoms with Crippen molar-refractivity contribution in [3.63, 3.8) is 0 Å². The van der Waals surface area contributed by atoms with E-state index in [1.807, 2.05) is 0 Å². The number of carbonyl (C=O) groups is 2. The summed E-state index contributed by atoms with van der Waals surface area (Å²) in [7, 11) is 0. The molecule has 2 saturated heterocycles. The van der Waals surface area contributed by atoms with E-state index in [2.05, 4.69) is 15.0 Å². The Hall–Kier alpha value is -3.03. The van der Waals surface area contributed by atoms with E-state index < -0.39 is 29.2 Å². The molecule has 2 aliphatic heterocycles. The highest BCUT2D eigenvalue weighted by molar-refractivity contribution is 5.83. The number of likely N-dealkylation sites (tertiary alicyclic amines) is 1. The van der Waals surface area contributed by atoms with E-state index in [1.165, 1.54) is 0 Å². The number of carbonyl (C=O) groups excluding carboxylic acids is 2. The Morgan fingerprint density at radius 2 is 2.00 bits per heavy atom. The maximum Gasteiger partial charge on any atom is 0.234 e. The predicted molar refractivity (Wildman–Crippen MR) is 119 cm³/mol. The van der Waals surface area contributed by atoms with Crippen LogP contribution >= 0.6 is 0 Å². The molecule has 3 atom stereocenters. The van der Waals surface area contributed by atoms with Crippen molar-refractivity contribution in [2.75, 3.05) is 31.2 Å². The average Bonchev–Trinajstić information content (AvgIpc) is 3.15. The summed E-state index contributed by atoms with van der Waals surface area (Å²) < 4.78 is 8.05. The smallest absolute Gasteiger partial charge is 0.234 e. The molecule has 0 bridgehead atoms. The first-order chi connectivity index (χ1) is 15.5. The molecule has 0 aromatic carbocycles. The summed E-state index contributed by atoms with van der Waals surface area (Å²) in [6, 6.07) is -1.27.